The van der Waals surface area contributed by atoms with E-state index in [2.05, 4.69) is 4.74 Å². The summed E-state index contributed by atoms with van der Waals surface area (Å²) in [6.07, 6.45) is -1.48. The molecule has 2 aromatic carbocycles. The molecule has 0 heterocycles. The number of rotatable bonds is 5. The average Bonchev–Trinajstić information content (AvgIpc) is 2.63. The number of hydrogen-bond acceptors (Lipinski definition) is 4. The van der Waals surface area contributed by atoms with E-state index in [0.29, 0.717) is 0 Å². The Labute approximate surface area is 168 Å². The second-order valence-corrected chi connectivity index (χ2v) is 6.30. The molecule has 0 fully saturated rings. The smallest absolute Gasteiger partial charge is 0.311 e. The molecule has 0 N–H and O–H groups in total. The summed E-state index contributed by atoms with van der Waals surface area (Å²) in [5.74, 6) is -16.1. The van der Waals surface area contributed by atoms with Crippen molar-refractivity contribution < 1.29 is 41.0 Å². The quantitative estimate of drug-likeness (QED) is 0.190. The van der Waals surface area contributed by atoms with Gasteiger partial charge in [-0.15, -0.1) is 0 Å². The van der Waals surface area contributed by atoms with E-state index in [1.807, 2.05) is 0 Å². The van der Waals surface area contributed by atoms with Crippen LogP contribution in [-0.4, -0.2) is 11.9 Å². The minimum Gasteiger partial charge on any atom is -0.423 e. The topological polar surface area (TPSA) is 52.6 Å². The molecule has 0 atom stereocenters. The van der Waals surface area contributed by atoms with Crippen LogP contribution in [0.3, 0.4) is 0 Å². The Morgan fingerprint density at radius 2 is 1.04 bits per heavy atom. The number of ether oxygens (including phenoxy) is 2. The SMILES string of the molecule is O=C(CCC(=O)Oc1c(F)c(F)c(F)c(F)c1F)Oc1c(Cl)cc(Cl)cc1Cl. The monoisotopic (exact) mass is 462 g/mol. The molecule has 0 spiro atoms. The first-order valence-corrected chi connectivity index (χ1v) is 8.23. The fraction of sp³-hybridized carbons (Fsp3) is 0.125. The van der Waals surface area contributed by atoms with Gasteiger partial charge in [-0.25, -0.2) is 13.2 Å². The molecular formula is C16H6Cl3F5O4. The first-order chi connectivity index (χ1) is 13.0. The zero-order valence-electron chi connectivity index (χ0n) is 13.2. The van der Waals surface area contributed by atoms with Gasteiger partial charge in [0.2, 0.25) is 34.8 Å². The lowest BCUT2D eigenvalue weighted by molar-refractivity contribution is -0.140. The van der Waals surface area contributed by atoms with Crippen LogP contribution in [0.2, 0.25) is 15.1 Å². The van der Waals surface area contributed by atoms with Gasteiger partial charge in [-0.2, -0.15) is 8.78 Å². The minimum atomic E-state index is -2.41. The van der Waals surface area contributed by atoms with E-state index in [1.165, 1.54) is 12.1 Å². The Kier molecular flexibility index (Phi) is 7.08. The van der Waals surface area contributed by atoms with Gasteiger partial charge in [0.25, 0.3) is 0 Å². The summed E-state index contributed by atoms with van der Waals surface area (Å²) in [6, 6.07) is 2.46. The molecule has 0 unspecified atom stereocenters. The highest BCUT2D eigenvalue weighted by atomic mass is 35.5. The van der Waals surface area contributed by atoms with Crippen LogP contribution >= 0.6 is 34.8 Å². The van der Waals surface area contributed by atoms with Crippen molar-refractivity contribution in [2.45, 2.75) is 12.8 Å². The summed E-state index contributed by atoms with van der Waals surface area (Å²) >= 11 is 17.3. The molecule has 0 radical (unpaired) electrons. The molecule has 150 valence electrons. The number of hydrogen-bond donors (Lipinski definition) is 0. The van der Waals surface area contributed by atoms with E-state index in [9.17, 15) is 31.5 Å². The highest BCUT2D eigenvalue weighted by Gasteiger charge is 2.28. The molecular weight excluding hydrogens is 458 g/mol. The molecule has 12 heteroatoms. The van der Waals surface area contributed by atoms with Crippen molar-refractivity contribution in [3.05, 3.63) is 56.3 Å². The van der Waals surface area contributed by atoms with E-state index in [4.69, 9.17) is 39.5 Å². The van der Waals surface area contributed by atoms with Crippen molar-refractivity contribution in [1.29, 1.82) is 0 Å². The Morgan fingerprint density at radius 1 is 0.679 bits per heavy atom. The van der Waals surface area contributed by atoms with Crippen molar-refractivity contribution >= 4 is 46.7 Å². The van der Waals surface area contributed by atoms with Crippen molar-refractivity contribution in [2.75, 3.05) is 0 Å². The van der Waals surface area contributed by atoms with Crippen LogP contribution in [0.1, 0.15) is 12.8 Å². The maximum absolute atomic E-state index is 13.4. The highest BCUT2D eigenvalue weighted by Crippen LogP contribution is 2.36. The fourth-order valence-corrected chi connectivity index (χ4v) is 2.73. The van der Waals surface area contributed by atoms with Crippen LogP contribution in [0, 0.1) is 29.1 Å². The van der Waals surface area contributed by atoms with Crippen molar-refractivity contribution in [3.8, 4) is 11.5 Å². The Bertz CT molecular complexity index is 916. The molecule has 0 aliphatic rings. The predicted octanol–water partition coefficient (Wildman–Crippen LogP) is 5.63. The van der Waals surface area contributed by atoms with Crippen LogP contribution in [0.4, 0.5) is 22.0 Å². The summed E-state index contributed by atoms with van der Waals surface area (Å²) < 4.78 is 74.9. The first kappa shape index (κ1) is 22.2. The van der Waals surface area contributed by atoms with Gasteiger partial charge in [0.05, 0.1) is 22.9 Å². The van der Waals surface area contributed by atoms with Crippen LogP contribution in [0.15, 0.2) is 12.1 Å². The third-order valence-electron chi connectivity index (χ3n) is 3.10. The van der Waals surface area contributed by atoms with Gasteiger partial charge in [0.1, 0.15) is 0 Å². The minimum absolute atomic E-state index is 0.102. The molecule has 0 aliphatic carbocycles. The van der Waals surface area contributed by atoms with E-state index in [1.54, 1.807) is 0 Å². The molecule has 28 heavy (non-hydrogen) atoms. The third-order valence-corrected chi connectivity index (χ3v) is 3.88. The fourth-order valence-electron chi connectivity index (χ4n) is 1.83. The molecule has 2 aromatic rings. The van der Waals surface area contributed by atoms with Gasteiger partial charge in [0.15, 0.2) is 5.75 Å². The zero-order chi connectivity index (χ0) is 21.2. The van der Waals surface area contributed by atoms with Gasteiger partial charge in [-0.05, 0) is 12.1 Å². The van der Waals surface area contributed by atoms with E-state index in [-0.39, 0.29) is 20.8 Å². The molecule has 2 rings (SSSR count). The largest absolute Gasteiger partial charge is 0.423 e. The lowest BCUT2D eigenvalue weighted by Gasteiger charge is -2.10. The number of esters is 2. The van der Waals surface area contributed by atoms with Crippen molar-refractivity contribution in [2.24, 2.45) is 0 Å². The molecule has 0 amide bonds. The maximum Gasteiger partial charge on any atom is 0.311 e. The third kappa shape index (κ3) is 4.84. The second-order valence-electron chi connectivity index (χ2n) is 5.05. The van der Waals surface area contributed by atoms with E-state index >= 15 is 0 Å². The lowest BCUT2D eigenvalue weighted by Crippen LogP contribution is -2.16. The summed E-state index contributed by atoms with van der Waals surface area (Å²) in [5.41, 5.74) is 0. The normalized spacial score (nSPS) is 10.7. The van der Waals surface area contributed by atoms with Crippen LogP contribution in [0.25, 0.3) is 0 Å². The van der Waals surface area contributed by atoms with Gasteiger partial charge >= 0.3 is 11.9 Å². The van der Waals surface area contributed by atoms with Gasteiger partial charge < -0.3 is 9.47 Å². The van der Waals surface area contributed by atoms with Crippen LogP contribution < -0.4 is 9.47 Å². The summed E-state index contributed by atoms with van der Waals surface area (Å²) in [6.45, 7) is 0. The maximum atomic E-state index is 13.4. The van der Waals surface area contributed by atoms with Gasteiger partial charge in [-0.3, -0.25) is 9.59 Å². The lowest BCUT2D eigenvalue weighted by atomic mass is 10.2. The van der Waals surface area contributed by atoms with Crippen LogP contribution in [0.5, 0.6) is 11.5 Å². The highest BCUT2D eigenvalue weighted by molar-refractivity contribution is 6.40. The Hall–Kier alpha value is -2.10. The van der Waals surface area contributed by atoms with Crippen molar-refractivity contribution in [3.63, 3.8) is 0 Å². The zero-order valence-corrected chi connectivity index (χ0v) is 15.5. The van der Waals surface area contributed by atoms with Gasteiger partial charge in [-0.1, -0.05) is 34.8 Å². The van der Waals surface area contributed by atoms with Crippen molar-refractivity contribution in [1.82, 2.24) is 0 Å². The summed E-state index contributed by atoms with van der Waals surface area (Å²) in [4.78, 5) is 23.3. The summed E-state index contributed by atoms with van der Waals surface area (Å²) in [7, 11) is 0. The number of halogens is 8. The summed E-state index contributed by atoms with van der Waals surface area (Å²) in [5, 5.41) is -0.0362. The standard InChI is InChI=1S/C16H6Cl3F5O4/c17-5-3-6(18)15(7(19)4-5)27-8(25)1-2-9(26)28-16-13(23)11(21)10(20)12(22)14(16)24/h3-4H,1-2H2. The molecule has 4 nitrogen and oxygen atoms in total. The molecule has 0 saturated heterocycles. The number of benzene rings is 2. The van der Waals surface area contributed by atoms with E-state index in [0.717, 1.165) is 0 Å². The molecule has 0 aromatic heterocycles. The number of carbonyl (C=O) groups excluding carboxylic acids is 2. The predicted molar refractivity (Wildman–Crippen MR) is 88.2 cm³/mol. The Balaban J connectivity index is 2.03. The second kappa shape index (κ2) is 8.93. The first-order valence-electron chi connectivity index (χ1n) is 7.10. The molecule has 0 saturated carbocycles. The molecule has 0 bridgehead atoms. The van der Waals surface area contributed by atoms with Gasteiger partial charge in [0, 0.05) is 5.02 Å². The molecule has 0 aliphatic heterocycles. The van der Waals surface area contributed by atoms with E-state index < -0.39 is 59.6 Å². The Morgan fingerprint density at radius 3 is 1.46 bits per heavy atom. The average molecular weight is 464 g/mol. The van der Waals surface area contributed by atoms with Crippen LogP contribution in [-0.2, 0) is 9.59 Å². The number of carbonyl (C=O) groups is 2.